The molecule has 1 atom stereocenters. The van der Waals surface area contributed by atoms with Crippen molar-refractivity contribution >= 4 is 26.6 Å². The molecule has 134 valence electrons. The molecule has 0 saturated heterocycles. The van der Waals surface area contributed by atoms with Crippen molar-refractivity contribution < 1.29 is 13.2 Å². The van der Waals surface area contributed by atoms with E-state index in [1.165, 1.54) is 24.5 Å². The highest BCUT2D eigenvalue weighted by atomic mass is 32.2. The summed E-state index contributed by atoms with van der Waals surface area (Å²) in [7, 11) is -3.26. The minimum absolute atomic E-state index is 0.0104. The molecule has 0 radical (unpaired) electrons. The van der Waals surface area contributed by atoms with Crippen LogP contribution >= 0.6 is 0 Å². The van der Waals surface area contributed by atoms with E-state index in [2.05, 4.69) is 23.3 Å². The van der Waals surface area contributed by atoms with Crippen LogP contribution in [0.3, 0.4) is 0 Å². The second-order valence-corrected chi connectivity index (χ2v) is 9.98. The molecule has 2 saturated carbocycles. The van der Waals surface area contributed by atoms with Crippen molar-refractivity contribution in [1.29, 1.82) is 0 Å². The van der Waals surface area contributed by atoms with Gasteiger partial charge in [-0.15, -0.1) is 0 Å². The number of aromatic amines is 1. The highest BCUT2D eigenvalue weighted by Crippen LogP contribution is 2.85. The Kier molecular flexibility index (Phi) is 2.83. The van der Waals surface area contributed by atoms with Crippen molar-refractivity contribution in [2.75, 3.05) is 5.75 Å². The summed E-state index contributed by atoms with van der Waals surface area (Å²) in [4.78, 5) is 27.6. The topological polar surface area (TPSA) is 96.1 Å². The fraction of sp³-hybridized carbons (Fsp3) is 0.368. The molecule has 0 spiro atoms. The minimum Gasteiger partial charge on any atom is -0.345 e. The molecule has 1 aromatic heterocycles. The number of benzene rings is 1. The lowest BCUT2D eigenvalue weighted by atomic mass is 10.0. The van der Waals surface area contributed by atoms with Gasteiger partial charge in [-0.1, -0.05) is 19.1 Å². The SMILES string of the molecule is CC12CC1(c1ccc3cc(C(=O)N[C@@H]4C=CS(=O)(=O)C4)c(=O)[nH]c3c1)C2. The summed E-state index contributed by atoms with van der Waals surface area (Å²) in [6.45, 7) is 2.28. The van der Waals surface area contributed by atoms with Crippen molar-refractivity contribution in [3.63, 3.8) is 0 Å². The molecule has 2 heterocycles. The Morgan fingerprint density at radius 3 is 2.62 bits per heavy atom. The van der Waals surface area contributed by atoms with Crippen LogP contribution in [0.1, 0.15) is 35.7 Å². The fourth-order valence-corrected chi connectivity index (χ4v) is 5.56. The first-order valence-electron chi connectivity index (χ1n) is 8.61. The number of rotatable bonds is 3. The molecule has 1 aromatic carbocycles. The first-order valence-corrected chi connectivity index (χ1v) is 10.3. The Morgan fingerprint density at radius 2 is 2.00 bits per heavy atom. The summed E-state index contributed by atoms with van der Waals surface area (Å²) in [5.41, 5.74) is 2.24. The third kappa shape index (κ3) is 2.19. The monoisotopic (exact) mass is 370 g/mol. The second-order valence-electron chi connectivity index (χ2n) is 8.05. The molecule has 2 aliphatic carbocycles. The van der Waals surface area contributed by atoms with Crippen molar-refractivity contribution in [3.8, 4) is 0 Å². The molecule has 2 aromatic rings. The number of amides is 1. The number of hydrogen-bond donors (Lipinski definition) is 2. The fourth-order valence-electron chi connectivity index (χ4n) is 4.32. The maximum absolute atomic E-state index is 12.4. The Bertz CT molecular complexity index is 1170. The minimum atomic E-state index is -3.26. The van der Waals surface area contributed by atoms with Gasteiger partial charge in [0.15, 0.2) is 9.84 Å². The average Bonchev–Trinajstić information content (AvgIpc) is 3.29. The zero-order chi connectivity index (χ0) is 18.3. The number of carbonyl (C=O) groups excluding carboxylic acids is 1. The zero-order valence-corrected chi connectivity index (χ0v) is 15.0. The summed E-state index contributed by atoms with van der Waals surface area (Å²) in [6, 6.07) is 6.99. The molecule has 0 unspecified atom stereocenters. The van der Waals surface area contributed by atoms with Crippen molar-refractivity contribution in [3.05, 3.63) is 57.2 Å². The van der Waals surface area contributed by atoms with Gasteiger partial charge in [0.1, 0.15) is 5.56 Å². The van der Waals surface area contributed by atoms with Gasteiger partial charge < -0.3 is 10.3 Å². The number of nitrogens with one attached hydrogen (secondary N) is 2. The van der Waals surface area contributed by atoms with Crippen molar-refractivity contribution in [2.24, 2.45) is 5.41 Å². The number of sulfone groups is 1. The first-order chi connectivity index (χ1) is 12.2. The molecule has 1 aliphatic heterocycles. The Balaban J connectivity index is 1.44. The van der Waals surface area contributed by atoms with E-state index in [4.69, 9.17) is 0 Å². The maximum atomic E-state index is 12.4. The zero-order valence-electron chi connectivity index (χ0n) is 14.2. The third-order valence-electron chi connectivity index (χ3n) is 6.18. The third-order valence-corrected chi connectivity index (χ3v) is 7.57. The van der Waals surface area contributed by atoms with Gasteiger partial charge in [0.25, 0.3) is 11.5 Å². The standard InChI is InChI=1S/C19H18N2O4S/c1-18-9-19(18,10-18)12-3-2-11-6-14(17(23)21-15(11)7-12)16(22)20-13-4-5-26(24,25)8-13/h2-7,13H,8-10H2,1H3,(H,20,22)(H,21,23)/t13-,18?,19?/m1/s1. The number of aromatic nitrogens is 1. The normalized spacial score (nSPS) is 33.0. The van der Waals surface area contributed by atoms with E-state index in [1.807, 2.05) is 12.1 Å². The van der Waals surface area contributed by atoms with Gasteiger partial charge in [-0.05, 0) is 47.4 Å². The van der Waals surface area contributed by atoms with Gasteiger partial charge in [0.05, 0.1) is 11.8 Å². The van der Waals surface area contributed by atoms with E-state index in [9.17, 15) is 18.0 Å². The van der Waals surface area contributed by atoms with E-state index in [0.29, 0.717) is 10.8 Å². The van der Waals surface area contributed by atoms with Crippen LogP contribution in [0.5, 0.6) is 0 Å². The quantitative estimate of drug-likeness (QED) is 0.858. The summed E-state index contributed by atoms with van der Waals surface area (Å²) < 4.78 is 22.9. The molecule has 0 bridgehead atoms. The van der Waals surface area contributed by atoms with Gasteiger partial charge in [-0.3, -0.25) is 9.59 Å². The Labute approximate surface area is 150 Å². The van der Waals surface area contributed by atoms with Crippen LogP contribution in [-0.4, -0.2) is 31.1 Å². The van der Waals surface area contributed by atoms with Crippen LogP contribution < -0.4 is 10.9 Å². The van der Waals surface area contributed by atoms with E-state index in [1.54, 1.807) is 6.07 Å². The van der Waals surface area contributed by atoms with Crippen LogP contribution in [0.2, 0.25) is 0 Å². The maximum Gasteiger partial charge on any atom is 0.261 e. The smallest absolute Gasteiger partial charge is 0.261 e. The van der Waals surface area contributed by atoms with Gasteiger partial charge in [-0.25, -0.2) is 8.42 Å². The van der Waals surface area contributed by atoms with Gasteiger partial charge in [0.2, 0.25) is 0 Å². The molecule has 7 heteroatoms. The van der Waals surface area contributed by atoms with E-state index in [-0.39, 0.29) is 11.3 Å². The Hall–Kier alpha value is -2.41. The van der Waals surface area contributed by atoms with E-state index in [0.717, 1.165) is 16.3 Å². The molecule has 6 nitrogen and oxygen atoms in total. The van der Waals surface area contributed by atoms with Crippen molar-refractivity contribution in [2.45, 2.75) is 31.2 Å². The highest BCUT2D eigenvalue weighted by molar-refractivity contribution is 7.94. The summed E-state index contributed by atoms with van der Waals surface area (Å²) >= 11 is 0. The molecule has 5 rings (SSSR count). The molecular weight excluding hydrogens is 352 g/mol. The summed E-state index contributed by atoms with van der Waals surface area (Å²) in [6.07, 6.45) is 3.83. The van der Waals surface area contributed by atoms with E-state index < -0.39 is 27.3 Å². The molecule has 3 aliphatic rings. The first kappa shape index (κ1) is 15.8. The lowest BCUT2D eigenvalue weighted by molar-refractivity contribution is 0.0946. The average molecular weight is 370 g/mol. The number of H-pyrrole nitrogens is 1. The number of fused-ring (bicyclic) bond motifs is 2. The highest BCUT2D eigenvalue weighted by Gasteiger charge is 2.80. The van der Waals surface area contributed by atoms with Crippen LogP contribution in [-0.2, 0) is 15.3 Å². The van der Waals surface area contributed by atoms with E-state index >= 15 is 0 Å². The summed E-state index contributed by atoms with van der Waals surface area (Å²) in [5.74, 6) is -0.742. The van der Waals surface area contributed by atoms with Gasteiger partial charge in [0, 0.05) is 16.3 Å². The second kappa shape index (κ2) is 4.65. The van der Waals surface area contributed by atoms with Gasteiger partial charge in [-0.2, -0.15) is 0 Å². The predicted molar refractivity (Wildman–Crippen MR) is 97.8 cm³/mol. The van der Waals surface area contributed by atoms with Crippen LogP contribution in [0.4, 0.5) is 0 Å². The van der Waals surface area contributed by atoms with Crippen LogP contribution in [0.25, 0.3) is 10.9 Å². The molecular formula is C19H18N2O4S. The largest absolute Gasteiger partial charge is 0.345 e. The van der Waals surface area contributed by atoms with Gasteiger partial charge >= 0.3 is 0 Å². The van der Waals surface area contributed by atoms with Crippen LogP contribution in [0, 0.1) is 5.41 Å². The lowest BCUT2D eigenvalue weighted by Gasteiger charge is -2.11. The number of hydrogen-bond acceptors (Lipinski definition) is 4. The molecule has 2 N–H and O–H groups in total. The van der Waals surface area contributed by atoms with Crippen LogP contribution in [0.15, 0.2) is 40.5 Å². The lowest BCUT2D eigenvalue weighted by Crippen LogP contribution is -2.38. The van der Waals surface area contributed by atoms with Crippen molar-refractivity contribution in [1.82, 2.24) is 10.3 Å². The Morgan fingerprint density at radius 1 is 1.27 bits per heavy atom. The molecule has 2 fully saturated rings. The number of pyridine rings is 1. The number of carbonyl (C=O) groups is 1. The predicted octanol–water partition coefficient (Wildman–Crippen LogP) is 1.62. The summed E-state index contributed by atoms with van der Waals surface area (Å²) in [5, 5.41) is 4.46. The molecule has 1 amide bonds. The molecule has 26 heavy (non-hydrogen) atoms.